The lowest BCUT2D eigenvalue weighted by Gasteiger charge is -2.17. The van der Waals surface area contributed by atoms with Crippen LogP contribution in [0.2, 0.25) is 0 Å². The van der Waals surface area contributed by atoms with Crippen LogP contribution in [-0.2, 0) is 0 Å². The molecule has 0 aliphatic carbocycles. The van der Waals surface area contributed by atoms with E-state index in [1.54, 1.807) is 0 Å². The Balaban J connectivity index is 1.16. The van der Waals surface area contributed by atoms with E-state index in [9.17, 15) is 5.26 Å². The summed E-state index contributed by atoms with van der Waals surface area (Å²) in [4.78, 5) is 0. The van der Waals surface area contributed by atoms with Crippen molar-refractivity contribution in [3.8, 4) is 34.3 Å². The SMILES string of the molecule is N#Cc1ccc(-n2c3ccccc3c3ccccc32)c(-n2c3ccccc3c3cc(-c4ccc5c6ccccc6n(-c6ccccc6)c5c4)ccc32)c1. The topological polar surface area (TPSA) is 38.6 Å². The molecular weight excluding hydrogens is 645 g/mol. The van der Waals surface area contributed by atoms with Gasteiger partial charge >= 0.3 is 0 Å². The molecule has 0 unspecified atom stereocenters. The predicted molar refractivity (Wildman–Crippen MR) is 220 cm³/mol. The van der Waals surface area contributed by atoms with Crippen LogP contribution in [0, 0.1) is 11.3 Å². The Morgan fingerprint density at radius 3 is 1.42 bits per heavy atom. The van der Waals surface area contributed by atoms with E-state index >= 15 is 0 Å². The molecule has 0 N–H and O–H groups in total. The number of nitrogens with zero attached hydrogens (tertiary/aromatic N) is 4. The number of para-hydroxylation sites is 5. The molecule has 53 heavy (non-hydrogen) atoms. The first kappa shape index (κ1) is 29.4. The lowest BCUT2D eigenvalue weighted by atomic mass is 10.0. The maximum atomic E-state index is 10.2. The number of aromatic nitrogens is 3. The molecule has 246 valence electrons. The highest BCUT2D eigenvalue weighted by atomic mass is 15.1. The van der Waals surface area contributed by atoms with Gasteiger partial charge in [-0.05, 0) is 83.9 Å². The first-order valence-corrected chi connectivity index (χ1v) is 17.9. The van der Waals surface area contributed by atoms with E-state index in [1.165, 1.54) is 38.0 Å². The van der Waals surface area contributed by atoms with Gasteiger partial charge in [-0.25, -0.2) is 0 Å². The fourth-order valence-electron chi connectivity index (χ4n) is 8.56. The van der Waals surface area contributed by atoms with Crippen molar-refractivity contribution in [3.05, 3.63) is 188 Å². The maximum absolute atomic E-state index is 10.2. The van der Waals surface area contributed by atoms with Crippen LogP contribution >= 0.6 is 0 Å². The largest absolute Gasteiger partial charge is 0.309 e. The highest BCUT2D eigenvalue weighted by molar-refractivity contribution is 6.13. The molecule has 0 amide bonds. The van der Waals surface area contributed by atoms with Gasteiger partial charge < -0.3 is 13.7 Å². The second-order valence-electron chi connectivity index (χ2n) is 13.7. The number of hydrogen-bond donors (Lipinski definition) is 0. The summed E-state index contributed by atoms with van der Waals surface area (Å²) in [5.74, 6) is 0. The number of nitriles is 1. The van der Waals surface area contributed by atoms with Crippen molar-refractivity contribution in [2.75, 3.05) is 0 Å². The zero-order chi connectivity index (χ0) is 35.0. The van der Waals surface area contributed by atoms with Gasteiger partial charge in [0.25, 0.3) is 0 Å². The summed E-state index contributed by atoms with van der Waals surface area (Å²) in [6, 6.07) is 67.2. The Labute approximate surface area is 305 Å². The van der Waals surface area contributed by atoms with Gasteiger partial charge in [0.05, 0.1) is 56.1 Å². The molecule has 0 radical (unpaired) electrons. The molecule has 0 atom stereocenters. The molecular formula is C49H30N4. The van der Waals surface area contributed by atoms with E-state index in [4.69, 9.17) is 0 Å². The predicted octanol–water partition coefficient (Wildman–Crippen LogP) is 12.5. The lowest BCUT2D eigenvalue weighted by molar-refractivity contribution is 1.09. The average Bonchev–Trinajstić information content (AvgIpc) is 3.86. The number of rotatable bonds is 4. The Bertz CT molecular complexity index is 3240. The molecule has 8 aromatic carbocycles. The van der Waals surface area contributed by atoms with Crippen molar-refractivity contribution in [1.82, 2.24) is 13.7 Å². The molecule has 11 aromatic rings. The number of benzene rings is 8. The van der Waals surface area contributed by atoms with Crippen LogP contribution in [-0.4, -0.2) is 13.7 Å². The monoisotopic (exact) mass is 674 g/mol. The number of hydrogen-bond acceptors (Lipinski definition) is 1. The van der Waals surface area contributed by atoms with Crippen molar-refractivity contribution < 1.29 is 0 Å². The molecule has 0 aliphatic heterocycles. The summed E-state index contributed by atoms with van der Waals surface area (Å²) >= 11 is 0. The van der Waals surface area contributed by atoms with Crippen LogP contribution in [0.1, 0.15) is 5.56 Å². The molecule has 0 saturated heterocycles. The minimum absolute atomic E-state index is 0.620. The highest BCUT2D eigenvalue weighted by Crippen LogP contribution is 2.41. The third kappa shape index (κ3) is 4.29. The Kier molecular flexibility index (Phi) is 6.28. The van der Waals surface area contributed by atoms with Gasteiger partial charge in [0.15, 0.2) is 0 Å². The minimum Gasteiger partial charge on any atom is -0.309 e. The Morgan fingerprint density at radius 2 is 0.792 bits per heavy atom. The van der Waals surface area contributed by atoms with Gasteiger partial charge in [-0.3, -0.25) is 0 Å². The van der Waals surface area contributed by atoms with Crippen LogP contribution in [0.4, 0.5) is 0 Å². The zero-order valence-electron chi connectivity index (χ0n) is 28.6. The summed E-state index contributed by atoms with van der Waals surface area (Å²) in [7, 11) is 0. The van der Waals surface area contributed by atoms with E-state index in [0.717, 1.165) is 55.6 Å². The van der Waals surface area contributed by atoms with Gasteiger partial charge in [-0.15, -0.1) is 0 Å². The molecule has 11 rings (SSSR count). The fraction of sp³-hybridized carbons (Fsp3) is 0. The van der Waals surface area contributed by atoms with Crippen LogP contribution in [0.5, 0.6) is 0 Å². The van der Waals surface area contributed by atoms with Crippen molar-refractivity contribution >= 4 is 65.4 Å². The van der Waals surface area contributed by atoms with Gasteiger partial charge in [0.1, 0.15) is 0 Å². The average molecular weight is 675 g/mol. The van der Waals surface area contributed by atoms with Crippen LogP contribution in [0.15, 0.2) is 182 Å². The second kappa shape index (κ2) is 11.3. The van der Waals surface area contributed by atoms with Crippen molar-refractivity contribution in [2.45, 2.75) is 0 Å². The summed E-state index contributed by atoms with van der Waals surface area (Å²) in [6.07, 6.45) is 0. The Morgan fingerprint density at radius 1 is 0.321 bits per heavy atom. The van der Waals surface area contributed by atoms with Gasteiger partial charge in [-0.2, -0.15) is 5.26 Å². The second-order valence-corrected chi connectivity index (χ2v) is 13.7. The van der Waals surface area contributed by atoms with Crippen molar-refractivity contribution in [1.29, 1.82) is 5.26 Å². The molecule has 0 bridgehead atoms. The van der Waals surface area contributed by atoms with E-state index < -0.39 is 0 Å². The summed E-state index contributed by atoms with van der Waals surface area (Å²) in [5.41, 5.74) is 12.9. The molecule has 0 aliphatic rings. The summed E-state index contributed by atoms with van der Waals surface area (Å²) in [6.45, 7) is 0. The standard InChI is InChI=1S/C49H30N4/c50-31-32-22-26-47(52-43-19-9-5-14-36(43)37-15-6-10-20-44(37)52)49(28-32)53-45-21-11-7-17-39(45)41-29-33(24-27-46(41)53)34-23-25-40-38-16-4-8-18-42(38)51(48(40)30-34)35-12-2-1-3-13-35/h1-30H. The third-order valence-corrected chi connectivity index (χ3v) is 10.9. The molecule has 0 saturated carbocycles. The molecule has 4 heteroatoms. The summed E-state index contributed by atoms with van der Waals surface area (Å²) in [5, 5.41) is 17.4. The molecule has 0 fully saturated rings. The van der Waals surface area contributed by atoms with Gasteiger partial charge in [0.2, 0.25) is 0 Å². The molecule has 4 nitrogen and oxygen atoms in total. The van der Waals surface area contributed by atoms with Crippen molar-refractivity contribution in [3.63, 3.8) is 0 Å². The van der Waals surface area contributed by atoms with Gasteiger partial charge in [-0.1, -0.05) is 109 Å². The van der Waals surface area contributed by atoms with E-state index in [0.29, 0.717) is 5.56 Å². The summed E-state index contributed by atoms with van der Waals surface area (Å²) < 4.78 is 7.05. The van der Waals surface area contributed by atoms with Crippen LogP contribution in [0.3, 0.4) is 0 Å². The van der Waals surface area contributed by atoms with Gasteiger partial charge in [0, 0.05) is 38.0 Å². The highest BCUT2D eigenvalue weighted by Gasteiger charge is 2.20. The first-order chi connectivity index (χ1) is 26.3. The normalized spacial score (nSPS) is 11.8. The molecule has 3 heterocycles. The first-order valence-electron chi connectivity index (χ1n) is 17.9. The van der Waals surface area contributed by atoms with Crippen LogP contribution in [0.25, 0.3) is 93.6 Å². The van der Waals surface area contributed by atoms with Crippen LogP contribution < -0.4 is 0 Å². The smallest absolute Gasteiger partial charge is 0.0992 e. The van der Waals surface area contributed by atoms with Crippen molar-refractivity contribution in [2.24, 2.45) is 0 Å². The minimum atomic E-state index is 0.620. The Hall–Kier alpha value is -7.35. The molecule has 3 aromatic heterocycles. The van der Waals surface area contributed by atoms with E-state index in [1.807, 2.05) is 12.1 Å². The quantitative estimate of drug-likeness (QED) is 0.183. The maximum Gasteiger partial charge on any atom is 0.0992 e. The third-order valence-electron chi connectivity index (χ3n) is 10.9. The molecule has 0 spiro atoms. The fourth-order valence-corrected chi connectivity index (χ4v) is 8.56. The van der Waals surface area contributed by atoms with E-state index in [2.05, 4.69) is 190 Å². The number of fused-ring (bicyclic) bond motifs is 9. The van der Waals surface area contributed by atoms with E-state index in [-0.39, 0.29) is 0 Å². The lowest BCUT2D eigenvalue weighted by Crippen LogP contribution is -2.04. The zero-order valence-corrected chi connectivity index (χ0v) is 28.6.